The molecule has 6 heteroatoms. The van der Waals surface area contributed by atoms with E-state index in [0.29, 0.717) is 17.6 Å². The first-order valence-corrected chi connectivity index (χ1v) is 6.84. The molecule has 2 aliphatic rings. The van der Waals surface area contributed by atoms with E-state index in [9.17, 15) is 20.0 Å². The molecular formula is C14H16N2O4. The van der Waals surface area contributed by atoms with Gasteiger partial charge in [-0.05, 0) is 37.7 Å². The average Bonchev–Trinajstić information content (AvgIpc) is 3.26. The Kier molecular flexibility index (Phi) is 3.08. The minimum atomic E-state index is -1.03. The van der Waals surface area contributed by atoms with Crippen LogP contribution in [0.2, 0.25) is 0 Å². The maximum Gasteiger partial charge on any atom is 0.337 e. The third kappa shape index (κ3) is 2.59. The van der Waals surface area contributed by atoms with Crippen LogP contribution in [-0.2, 0) is 0 Å². The summed E-state index contributed by atoms with van der Waals surface area (Å²) in [7, 11) is 0. The van der Waals surface area contributed by atoms with Gasteiger partial charge >= 0.3 is 5.97 Å². The molecule has 0 atom stereocenters. The number of carboxylic acid groups (broad SMARTS) is 1. The highest BCUT2D eigenvalue weighted by Crippen LogP contribution is 2.39. The van der Waals surface area contributed by atoms with Gasteiger partial charge in [0.15, 0.2) is 0 Å². The minimum absolute atomic E-state index is 0.0496. The molecule has 0 bridgehead atoms. The van der Waals surface area contributed by atoms with Gasteiger partial charge in [0.1, 0.15) is 0 Å². The SMILES string of the molecule is O=C(O)c1ccc([N+](=O)[O-])cc1N(CC1CC1)C1CC1. The standard InChI is InChI=1S/C14H16N2O4/c17-14(18)12-6-5-11(16(19)20)7-13(12)15(10-3-4-10)8-9-1-2-9/h5-7,9-10H,1-4,8H2,(H,17,18). The summed E-state index contributed by atoms with van der Waals surface area (Å²) in [6.07, 6.45) is 4.41. The quantitative estimate of drug-likeness (QED) is 0.638. The van der Waals surface area contributed by atoms with Crippen molar-refractivity contribution in [1.82, 2.24) is 0 Å². The molecule has 2 saturated carbocycles. The van der Waals surface area contributed by atoms with Gasteiger partial charge in [-0.2, -0.15) is 0 Å². The Morgan fingerprint density at radius 2 is 2.05 bits per heavy atom. The van der Waals surface area contributed by atoms with Gasteiger partial charge in [0.25, 0.3) is 5.69 Å². The molecule has 0 amide bonds. The monoisotopic (exact) mass is 276 g/mol. The highest BCUT2D eigenvalue weighted by molar-refractivity contribution is 5.95. The predicted molar refractivity (Wildman–Crippen MR) is 73.1 cm³/mol. The summed E-state index contributed by atoms with van der Waals surface area (Å²) in [5.41, 5.74) is 0.607. The first-order valence-electron chi connectivity index (χ1n) is 6.84. The van der Waals surface area contributed by atoms with Crippen molar-refractivity contribution < 1.29 is 14.8 Å². The highest BCUT2D eigenvalue weighted by atomic mass is 16.6. The molecule has 3 rings (SSSR count). The Balaban J connectivity index is 1.99. The number of nitro benzene ring substituents is 1. The molecule has 6 nitrogen and oxygen atoms in total. The van der Waals surface area contributed by atoms with Gasteiger partial charge in [0.05, 0.1) is 16.2 Å². The van der Waals surface area contributed by atoms with Gasteiger partial charge in [0, 0.05) is 24.7 Å². The largest absolute Gasteiger partial charge is 0.478 e. The maximum atomic E-state index is 11.4. The van der Waals surface area contributed by atoms with Crippen molar-refractivity contribution in [1.29, 1.82) is 0 Å². The van der Waals surface area contributed by atoms with E-state index >= 15 is 0 Å². The molecule has 0 saturated heterocycles. The predicted octanol–water partition coefficient (Wildman–Crippen LogP) is 2.67. The second-order valence-corrected chi connectivity index (χ2v) is 5.59. The summed E-state index contributed by atoms with van der Waals surface area (Å²) in [5.74, 6) is -0.423. The number of aromatic carboxylic acids is 1. The maximum absolute atomic E-state index is 11.4. The third-order valence-electron chi connectivity index (χ3n) is 3.87. The number of hydrogen-bond acceptors (Lipinski definition) is 4. The molecule has 1 aromatic carbocycles. The van der Waals surface area contributed by atoms with Gasteiger partial charge in [-0.15, -0.1) is 0 Å². The van der Waals surface area contributed by atoms with Crippen molar-refractivity contribution in [3.63, 3.8) is 0 Å². The molecular weight excluding hydrogens is 260 g/mol. The van der Waals surface area contributed by atoms with Crippen LogP contribution in [0.3, 0.4) is 0 Å². The summed E-state index contributed by atoms with van der Waals surface area (Å²) < 4.78 is 0. The number of nitrogens with zero attached hydrogens (tertiary/aromatic N) is 2. The summed E-state index contributed by atoms with van der Waals surface area (Å²) in [6, 6.07) is 4.35. The molecule has 0 aliphatic heterocycles. The lowest BCUT2D eigenvalue weighted by Crippen LogP contribution is -2.29. The Hall–Kier alpha value is -2.11. The molecule has 0 unspecified atom stereocenters. The lowest BCUT2D eigenvalue weighted by atomic mass is 10.1. The Labute approximate surface area is 116 Å². The highest BCUT2D eigenvalue weighted by Gasteiger charge is 2.36. The van der Waals surface area contributed by atoms with Crippen LogP contribution in [0.4, 0.5) is 11.4 Å². The van der Waals surface area contributed by atoms with Crippen molar-refractivity contribution in [2.75, 3.05) is 11.4 Å². The molecule has 1 N–H and O–H groups in total. The van der Waals surface area contributed by atoms with E-state index < -0.39 is 10.9 Å². The lowest BCUT2D eigenvalue weighted by molar-refractivity contribution is -0.384. The van der Waals surface area contributed by atoms with E-state index in [1.54, 1.807) is 0 Å². The number of hydrogen-bond donors (Lipinski definition) is 1. The van der Waals surface area contributed by atoms with Gasteiger partial charge in [-0.25, -0.2) is 4.79 Å². The third-order valence-corrected chi connectivity index (χ3v) is 3.87. The van der Waals surface area contributed by atoms with Crippen LogP contribution < -0.4 is 4.90 Å². The summed E-state index contributed by atoms with van der Waals surface area (Å²) in [5, 5.41) is 20.2. The molecule has 20 heavy (non-hydrogen) atoms. The molecule has 2 aliphatic carbocycles. The average molecular weight is 276 g/mol. The Morgan fingerprint density at radius 3 is 2.55 bits per heavy atom. The molecule has 0 heterocycles. The molecule has 2 fully saturated rings. The van der Waals surface area contributed by atoms with Crippen LogP contribution in [0, 0.1) is 16.0 Å². The van der Waals surface area contributed by atoms with E-state index in [2.05, 4.69) is 4.90 Å². The topological polar surface area (TPSA) is 83.7 Å². The first kappa shape index (κ1) is 12.9. The number of non-ortho nitro benzene ring substituents is 1. The van der Waals surface area contributed by atoms with E-state index in [1.165, 1.54) is 31.0 Å². The smallest absolute Gasteiger partial charge is 0.337 e. The zero-order valence-electron chi connectivity index (χ0n) is 11.0. The second kappa shape index (κ2) is 4.77. The molecule has 0 aromatic heterocycles. The fraction of sp³-hybridized carbons (Fsp3) is 0.500. The second-order valence-electron chi connectivity index (χ2n) is 5.59. The van der Waals surface area contributed by atoms with Gasteiger partial charge < -0.3 is 10.0 Å². The minimum Gasteiger partial charge on any atom is -0.478 e. The van der Waals surface area contributed by atoms with Crippen LogP contribution in [-0.4, -0.2) is 28.6 Å². The number of nitro groups is 1. The zero-order chi connectivity index (χ0) is 14.3. The Bertz CT molecular complexity index is 564. The molecule has 0 spiro atoms. The number of carboxylic acids is 1. The number of anilines is 1. The van der Waals surface area contributed by atoms with Crippen molar-refractivity contribution in [2.24, 2.45) is 5.92 Å². The van der Waals surface area contributed by atoms with Crippen molar-refractivity contribution in [3.05, 3.63) is 33.9 Å². The van der Waals surface area contributed by atoms with Gasteiger partial charge in [-0.1, -0.05) is 0 Å². The van der Waals surface area contributed by atoms with Crippen molar-refractivity contribution >= 4 is 17.3 Å². The fourth-order valence-corrected chi connectivity index (χ4v) is 2.46. The Morgan fingerprint density at radius 1 is 1.35 bits per heavy atom. The van der Waals surface area contributed by atoms with E-state index in [1.807, 2.05) is 0 Å². The van der Waals surface area contributed by atoms with Crippen molar-refractivity contribution in [2.45, 2.75) is 31.7 Å². The van der Waals surface area contributed by atoms with E-state index in [4.69, 9.17) is 0 Å². The lowest BCUT2D eigenvalue weighted by Gasteiger charge is -2.26. The van der Waals surface area contributed by atoms with Crippen LogP contribution >= 0.6 is 0 Å². The van der Waals surface area contributed by atoms with Crippen LogP contribution in [0.25, 0.3) is 0 Å². The van der Waals surface area contributed by atoms with Crippen molar-refractivity contribution in [3.8, 4) is 0 Å². The summed E-state index contributed by atoms with van der Waals surface area (Å²) in [6.45, 7) is 0.812. The van der Waals surface area contributed by atoms with E-state index in [0.717, 1.165) is 19.4 Å². The van der Waals surface area contributed by atoms with Gasteiger partial charge in [0.2, 0.25) is 0 Å². The zero-order valence-corrected chi connectivity index (χ0v) is 11.0. The van der Waals surface area contributed by atoms with Crippen LogP contribution in [0.15, 0.2) is 18.2 Å². The molecule has 106 valence electrons. The number of benzene rings is 1. The van der Waals surface area contributed by atoms with E-state index in [-0.39, 0.29) is 11.3 Å². The molecule has 1 aromatic rings. The van der Waals surface area contributed by atoms with Gasteiger partial charge in [-0.3, -0.25) is 10.1 Å². The fourth-order valence-electron chi connectivity index (χ4n) is 2.46. The summed E-state index contributed by atoms with van der Waals surface area (Å²) >= 11 is 0. The van der Waals surface area contributed by atoms with Crippen LogP contribution in [0.5, 0.6) is 0 Å². The molecule has 0 radical (unpaired) electrons. The number of carbonyl (C=O) groups is 1. The van der Waals surface area contributed by atoms with Crippen LogP contribution in [0.1, 0.15) is 36.0 Å². The number of rotatable bonds is 6. The summed E-state index contributed by atoms with van der Waals surface area (Å²) in [4.78, 5) is 23.9. The first-order chi connectivity index (χ1) is 9.56. The normalized spacial score (nSPS) is 17.8.